The third-order valence-corrected chi connectivity index (χ3v) is 2.77. The van der Waals surface area contributed by atoms with Gasteiger partial charge in [0.1, 0.15) is 5.82 Å². The summed E-state index contributed by atoms with van der Waals surface area (Å²) in [5, 5.41) is 3.56. The molecule has 1 atom stereocenters. The molecule has 0 saturated carbocycles. The third-order valence-electron chi connectivity index (χ3n) is 2.77. The van der Waals surface area contributed by atoms with Crippen LogP contribution in [-0.4, -0.2) is 10.5 Å². The maximum Gasteiger partial charge on any atom is 0.141 e. The average Bonchev–Trinajstić information content (AvgIpc) is 2.13. The molecule has 102 valence electrons. The number of hydrogen-bond acceptors (Lipinski definition) is 2. The summed E-state index contributed by atoms with van der Waals surface area (Å²) < 4.78 is 12.8. The van der Waals surface area contributed by atoms with Crippen LogP contribution in [0.2, 0.25) is 0 Å². The Hall–Kier alpha value is -0.960. The van der Waals surface area contributed by atoms with Crippen LogP contribution in [-0.2, 0) is 0 Å². The molecule has 1 rings (SSSR count). The lowest BCUT2D eigenvalue weighted by molar-refractivity contribution is 0.225. The van der Waals surface area contributed by atoms with E-state index in [-0.39, 0.29) is 22.8 Å². The van der Waals surface area contributed by atoms with Crippen molar-refractivity contribution in [3.05, 3.63) is 29.8 Å². The number of pyridine rings is 1. The molecule has 3 heteroatoms. The van der Waals surface area contributed by atoms with Gasteiger partial charge in [-0.2, -0.15) is 0 Å². The van der Waals surface area contributed by atoms with Crippen molar-refractivity contribution in [3.8, 4) is 0 Å². The zero-order chi connectivity index (χ0) is 14.0. The third kappa shape index (κ3) is 5.13. The second-order valence-corrected chi connectivity index (χ2v) is 6.89. The first-order valence-corrected chi connectivity index (χ1v) is 6.48. The standard InChI is InChI=1S/C15H25FN2/c1-11(13-8-7-12(16)9-17-13)18-15(5,6)10-14(2,3)4/h7-9,11,18H,10H2,1-6H3. The van der Waals surface area contributed by atoms with Crippen molar-refractivity contribution in [2.75, 3.05) is 0 Å². The molecule has 0 aliphatic rings. The van der Waals surface area contributed by atoms with Gasteiger partial charge in [-0.3, -0.25) is 4.98 Å². The lowest BCUT2D eigenvalue weighted by Gasteiger charge is -2.35. The van der Waals surface area contributed by atoms with E-state index < -0.39 is 0 Å². The Labute approximate surface area is 110 Å². The van der Waals surface area contributed by atoms with E-state index in [1.54, 1.807) is 6.07 Å². The molecule has 0 amide bonds. The van der Waals surface area contributed by atoms with Gasteiger partial charge in [-0.1, -0.05) is 20.8 Å². The summed E-state index contributed by atoms with van der Waals surface area (Å²) in [6.07, 6.45) is 2.33. The van der Waals surface area contributed by atoms with Crippen molar-refractivity contribution in [3.63, 3.8) is 0 Å². The summed E-state index contributed by atoms with van der Waals surface area (Å²) in [5.74, 6) is -0.292. The Morgan fingerprint density at radius 1 is 1.22 bits per heavy atom. The van der Waals surface area contributed by atoms with Gasteiger partial charge >= 0.3 is 0 Å². The van der Waals surface area contributed by atoms with Gasteiger partial charge in [0.2, 0.25) is 0 Å². The SMILES string of the molecule is CC(NC(C)(C)CC(C)(C)C)c1ccc(F)cn1. The van der Waals surface area contributed by atoms with Crippen molar-refractivity contribution >= 4 is 0 Å². The first kappa shape index (κ1) is 15.1. The molecule has 1 aromatic heterocycles. The fourth-order valence-corrected chi connectivity index (χ4v) is 2.68. The fourth-order valence-electron chi connectivity index (χ4n) is 2.68. The van der Waals surface area contributed by atoms with Crippen LogP contribution in [0.25, 0.3) is 0 Å². The molecule has 0 radical (unpaired) electrons. The highest BCUT2D eigenvalue weighted by molar-refractivity contribution is 5.09. The van der Waals surface area contributed by atoms with E-state index >= 15 is 0 Å². The van der Waals surface area contributed by atoms with Gasteiger partial charge in [-0.15, -0.1) is 0 Å². The van der Waals surface area contributed by atoms with Crippen molar-refractivity contribution < 1.29 is 4.39 Å². The van der Waals surface area contributed by atoms with Gasteiger partial charge in [0.15, 0.2) is 0 Å². The van der Waals surface area contributed by atoms with Gasteiger partial charge in [0, 0.05) is 11.6 Å². The van der Waals surface area contributed by atoms with Crippen molar-refractivity contribution in [2.45, 2.75) is 59.5 Å². The molecule has 18 heavy (non-hydrogen) atoms. The lowest BCUT2D eigenvalue weighted by Crippen LogP contribution is -2.43. The Kier molecular flexibility index (Phi) is 4.49. The summed E-state index contributed by atoms with van der Waals surface area (Å²) in [6, 6.07) is 3.31. The van der Waals surface area contributed by atoms with E-state index in [9.17, 15) is 4.39 Å². The number of halogens is 1. The highest BCUT2D eigenvalue weighted by Crippen LogP contribution is 2.28. The first-order valence-electron chi connectivity index (χ1n) is 6.48. The number of rotatable bonds is 4. The van der Waals surface area contributed by atoms with Crippen LogP contribution in [0.15, 0.2) is 18.3 Å². The van der Waals surface area contributed by atoms with Crippen molar-refractivity contribution in [1.29, 1.82) is 0 Å². The minimum absolute atomic E-state index is 0.0216. The largest absolute Gasteiger partial charge is 0.304 e. The summed E-state index contributed by atoms with van der Waals surface area (Å²) in [7, 11) is 0. The van der Waals surface area contributed by atoms with Gasteiger partial charge in [-0.05, 0) is 44.7 Å². The van der Waals surface area contributed by atoms with Gasteiger partial charge in [0.25, 0.3) is 0 Å². The second-order valence-electron chi connectivity index (χ2n) is 6.89. The first-order chi connectivity index (χ1) is 8.09. The molecule has 0 aliphatic heterocycles. The monoisotopic (exact) mass is 252 g/mol. The van der Waals surface area contributed by atoms with Crippen LogP contribution in [0.3, 0.4) is 0 Å². The van der Waals surface area contributed by atoms with Crippen molar-refractivity contribution in [1.82, 2.24) is 10.3 Å². The van der Waals surface area contributed by atoms with E-state index in [0.29, 0.717) is 0 Å². The summed E-state index contributed by atoms with van der Waals surface area (Å²) in [6.45, 7) is 13.1. The number of nitrogens with zero attached hydrogens (tertiary/aromatic N) is 1. The summed E-state index contributed by atoms with van der Waals surface area (Å²) in [4.78, 5) is 4.12. The number of nitrogens with one attached hydrogen (secondary N) is 1. The van der Waals surface area contributed by atoms with Crippen LogP contribution in [0.5, 0.6) is 0 Å². The van der Waals surface area contributed by atoms with E-state index in [1.807, 2.05) is 0 Å². The fraction of sp³-hybridized carbons (Fsp3) is 0.667. The molecule has 0 saturated heterocycles. The molecule has 0 fully saturated rings. The summed E-state index contributed by atoms with van der Waals surface area (Å²) >= 11 is 0. The minimum Gasteiger partial charge on any atom is -0.304 e. The average molecular weight is 252 g/mol. The molecule has 1 heterocycles. The highest BCUT2D eigenvalue weighted by atomic mass is 19.1. The van der Waals surface area contributed by atoms with Crippen LogP contribution < -0.4 is 5.32 Å². The number of aromatic nitrogens is 1. The van der Waals surface area contributed by atoms with Crippen molar-refractivity contribution in [2.24, 2.45) is 5.41 Å². The van der Waals surface area contributed by atoms with E-state index in [2.05, 4.69) is 51.8 Å². The zero-order valence-electron chi connectivity index (χ0n) is 12.3. The Bertz CT molecular complexity index is 376. The van der Waals surface area contributed by atoms with E-state index in [4.69, 9.17) is 0 Å². The maximum atomic E-state index is 12.8. The quantitative estimate of drug-likeness (QED) is 0.873. The topological polar surface area (TPSA) is 24.9 Å². The van der Waals surface area contributed by atoms with Gasteiger partial charge in [0.05, 0.1) is 11.9 Å². The summed E-state index contributed by atoms with van der Waals surface area (Å²) in [5.41, 5.74) is 1.17. The predicted molar refractivity (Wildman–Crippen MR) is 73.9 cm³/mol. The molecular weight excluding hydrogens is 227 g/mol. The molecule has 1 aromatic rings. The molecular formula is C15H25FN2. The Morgan fingerprint density at radius 3 is 2.28 bits per heavy atom. The molecule has 2 nitrogen and oxygen atoms in total. The van der Waals surface area contributed by atoms with Crippen LogP contribution in [0.1, 0.15) is 59.7 Å². The minimum atomic E-state index is -0.292. The van der Waals surface area contributed by atoms with E-state index in [1.165, 1.54) is 12.3 Å². The molecule has 0 aliphatic carbocycles. The molecule has 1 N–H and O–H groups in total. The van der Waals surface area contributed by atoms with Gasteiger partial charge in [-0.25, -0.2) is 4.39 Å². The Morgan fingerprint density at radius 2 is 1.83 bits per heavy atom. The van der Waals surface area contributed by atoms with Crippen LogP contribution in [0, 0.1) is 11.2 Å². The predicted octanol–water partition coefficient (Wildman–Crippen LogP) is 4.09. The van der Waals surface area contributed by atoms with Crippen LogP contribution in [0.4, 0.5) is 4.39 Å². The molecule has 0 spiro atoms. The maximum absolute atomic E-state index is 12.8. The van der Waals surface area contributed by atoms with Crippen LogP contribution >= 0.6 is 0 Å². The highest BCUT2D eigenvalue weighted by Gasteiger charge is 2.27. The van der Waals surface area contributed by atoms with E-state index in [0.717, 1.165) is 12.1 Å². The number of hydrogen-bond donors (Lipinski definition) is 1. The zero-order valence-corrected chi connectivity index (χ0v) is 12.3. The molecule has 0 bridgehead atoms. The lowest BCUT2D eigenvalue weighted by atomic mass is 9.81. The Balaban J connectivity index is 2.69. The molecule has 0 aromatic carbocycles. The smallest absolute Gasteiger partial charge is 0.141 e. The second kappa shape index (κ2) is 5.35. The normalized spacial score (nSPS) is 14.6. The van der Waals surface area contributed by atoms with Gasteiger partial charge < -0.3 is 5.32 Å². The molecule has 1 unspecified atom stereocenters.